The normalized spacial score (nSPS) is 19.3. The number of ether oxygens (including phenoxy) is 1. The van der Waals surface area contributed by atoms with Crippen molar-refractivity contribution in [2.75, 3.05) is 7.11 Å². The summed E-state index contributed by atoms with van der Waals surface area (Å²) >= 11 is 0. The summed E-state index contributed by atoms with van der Waals surface area (Å²) in [5, 5.41) is 0. The zero-order chi connectivity index (χ0) is 13.0. The number of hydrogen-bond donors (Lipinski definition) is 2. The van der Waals surface area contributed by atoms with Gasteiger partial charge in [-0.3, -0.25) is 11.3 Å². The van der Waals surface area contributed by atoms with Crippen molar-refractivity contribution in [2.24, 2.45) is 5.84 Å². The Kier molecular flexibility index (Phi) is 4.32. The Labute approximate surface area is 107 Å². The molecule has 3 nitrogen and oxygen atoms in total. The molecule has 2 rings (SSSR count). The second-order valence-electron chi connectivity index (χ2n) is 5.10. The third-order valence-corrected chi connectivity index (χ3v) is 3.98. The molecule has 0 amide bonds. The van der Waals surface area contributed by atoms with Crippen molar-refractivity contribution >= 4 is 0 Å². The zero-order valence-corrected chi connectivity index (χ0v) is 10.8. The van der Waals surface area contributed by atoms with Gasteiger partial charge in [0.05, 0.1) is 5.60 Å². The Morgan fingerprint density at radius 2 is 2.17 bits per heavy atom. The molecule has 1 atom stereocenters. The predicted octanol–water partition coefficient (Wildman–Crippen LogP) is 2.16. The molecule has 100 valence electrons. The highest BCUT2D eigenvalue weighted by Gasteiger charge is 2.38. The van der Waals surface area contributed by atoms with E-state index in [0.717, 1.165) is 19.3 Å². The number of hydrogen-bond acceptors (Lipinski definition) is 3. The molecule has 0 heterocycles. The number of nitrogens with one attached hydrogen (secondary N) is 1. The summed E-state index contributed by atoms with van der Waals surface area (Å²) in [5.74, 6) is 5.41. The van der Waals surface area contributed by atoms with Crippen LogP contribution >= 0.6 is 0 Å². The molecule has 1 aromatic rings. The van der Waals surface area contributed by atoms with Crippen LogP contribution in [-0.2, 0) is 11.2 Å². The molecule has 0 saturated heterocycles. The fraction of sp³-hybridized carbons (Fsp3) is 0.571. The van der Waals surface area contributed by atoms with Crippen LogP contribution in [0.1, 0.15) is 31.2 Å². The van der Waals surface area contributed by atoms with Crippen molar-refractivity contribution in [1.29, 1.82) is 0 Å². The molecule has 1 saturated carbocycles. The van der Waals surface area contributed by atoms with Crippen molar-refractivity contribution in [3.8, 4) is 0 Å². The Morgan fingerprint density at radius 3 is 2.67 bits per heavy atom. The largest absolute Gasteiger partial charge is 0.378 e. The average Bonchev–Trinajstić information content (AvgIpc) is 2.35. The molecule has 0 aromatic heterocycles. The van der Waals surface area contributed by atoms with Gasteiger partial charge in [-0.1, -0.05) is 18.2 Å². The van der Waals surface area contributed by atoms with Gasteiger partial charge >= 0.3 is 0 Å². The van der Waals surface area contributed by atoms with E-state index in [1.54, 1.807) is 19.2 Å². The summed E-state index contributed by atoms with van der Waals surface area (Å²) < 4.78 is 19.2. The van der Waals surface area contributed by atoms with E-state index in [9.17, 15) is 4.39 Å². The van der Waals surface area contributed by atoms with Crippen LogP contribution in [0.3, 0.4) is 0 Å². The monoisotopic (exact) mass is 252 g/mol. The Balaban J connectivity index is 1.99. The minimum atomic E-state index is -0.169. The lowest BCUT2D eigenvalue weighted by Crippen LogP contribution is -2.48. The van der Waals surface area contributed by atoms with E-state index in [4.69, 9.17) is 10.6 Å². The number of halogens is 1. The lowest BCUT2D eigenvalue weighted by Gasteiger charge is -2.42. The molecule has 1 fully saturated rings. The van der Waals surface area contributed by atoms with E-state index in [2.05, 4.69) is 5.43 Å². The third-order valence-electron chi connectivity index (χ3n) is 3.98. The van der Waals surface area contributed by atoms with Gasteiger partial charge in [0.25, 0.3) is 0 Å². The fourth-order valence-electron chi connectivity index (χ4n) is 2.63. The number of methoxy groups -OCH3 is 1. The minimum Gasteiger partial charge on any atom is -0.378 e. The molecule has 0 spiro atoms. The topological polar surface area (TPSA) is 47.3 Å². The van der Waals surface area contributed by atoms with Crippen LogP contribution < -0.4 is 11.3 Å². The van der Waals surface area contributed by atoms with Crippen LogP contribution in [0.5, 0.6) is 0 Å². The van der Waals surface area contributed by atoms with E-state index >= 15 is 0 Å². The van der Waals surface area contributed by atoms with Crippen LogP contribution in [0.2, 0.25) is 0 Å². The van der Waals surface area contributed by atoms with E-state index in [0.29, 0.717) is 12.0 Å². The van der Waals surface area contributed by atoms with Gasteiger partial charge in [-0.15, -0.1) is 0 Å². The maximum Gasteiger partial charge on any atom is 0.126 e. The Morgan fingerprint density at radius 1 is 1.44 bits per heavy atom. The summed E-state index contributed by atoms with van der Waals surface area (Å²) in [5.41, 5.74) is 3.44. The Hall–Kier alpha value is -0.970. The smallest absolute Gasteiger partial charge is 0.126 e. The van der Waals surface area contributed by atoms with Gasteiger partial charge in [0, 0.05) is 13.2 Å². The van der Waals surface area contributed by atoms with E-state index in [1.807, 2.05) is 6.07 Å². The highest BCUT2D eigenvalue weighted by Crippen LogP contribution is 2.39. The molecule has 18 heavy (non-hydrogen) atoms. The molecule has 3 N–H and O–H groups in total. The first kappa shape index (κ1) is 13.5. The van der Waals surface area contributed by atoms with Crippen LogP contribution in [0.4, 0.5) is 4.39 Å². The fourth-order valence-corrected chi connectivity index (χ4v) is 2.63. The average molecular weight is 252 g/mol. The molecule has 1 aromatic carbocycles. The molecule has 0 radical (unpaired) electrons. The Bertz CT molecular complexity index is 388. The molecule has 0 bridgehead atoms. The van der Waals surface area contributed by atoms with Crippen LogP contribution in [-0.4, -0.2) is 18.8 Å². The maximum atomic E-state index is 13.6. The first-order chi connectivity index (χ1) is 8.69. The first-order valence-electron chi connectivity index (χ1n) is 6.44. The van der Waals surface area contributed by atoms with Gasteiger partial charge in [0.15, 0.2) is 0 Å². The molecule has 4 heteroatoms. The van der Waals surface area contributed by atoms with Gasteiger partial charge in [0.2, 0.25) is 0 Å². The predicted molar refractivity (Wildman–Crippen MR) is 69.4 cm³/mol. The molecular weight excluding hydrogens is 231 g/mol. The van der Waals surface area contributed by atoms with E-state index in [-0.39, 0.29) is 17.5 Å². The van der Waals surface area contributed by atoms with Crippen LogP contribution in [0.25, 0.3) is 0 Å². The number of nitrogens with two attached hydrogens (primary N) is 1. The second-order valence-corrected chi connectivity index (χ2v) is 5.10. The molecular formula is C14H21FN2O. The lowest BCUT2D eigenvalue weighted by molar-refractivity contribution is -0.0834. The molecule has 1 unspecified atom stereocenters. The summed E-state index contributed by atoms with van der Waals surface area (Å²) in [4.78, 5) is 0. The molecule has 1 aliphatic carbocycles. The SMILES string of the molecule is COC1(CC(Cc2ccccc2F)NN)CCC1. The standard InChI is InChI=1S/C14H21FN2O/c1-18-14(7-4-8-14)10-12(17-16)9-11-5-2-3-6-13(11)15/h2-3,5-6,12,17H,4,7-10,16H2,1H3. The van der Waals surface area contributed by atoms with Gasteiger partial charge < -0.3 is 4.74 Å². The molecule has 1 aliphatic rings. The van der Waals surface area contributed by atoms with Crippen LogP contribution in [0.15, 0.2) is 24.3 Å². The van der Waals surface area contributed by atoms with E-state index < -0.39 is 0 Å². The van der Waals surface area contributed by atoms with Crippen LogP contribution in [0, 0.1) is 5.82 Å². The summed E-state index contributed by atoms with van der Waals surface area (Å²) in [6.07, 6.45) is 4.76. The highest BCUT2D eigenvalue weighted by molar-refractivity contribution is 5.18. The number of hydrazine groups is 1. The van der Waals surface area contributed by atoms with Crippen molar-refractivity contribution in [1.82, 2.24) is 5.43 Å². The molecule has 0 aliphatic heterocycles. The van der Waals surface area contributed by atoms with Crippen molar-refractivity contribution in [2.45, 2.75) is 43.7 Å². The van der Waals surface area contributed by atoms with Crippen molar-refractivity contribution < 1.29 is 9.13 Å². The lowest BCUT2D eigenvalue weighted by atomic mass is 9.75. The third kappa shape index (κ3) is 2.88. The van der Waals surface area contributed by atoms with E-state index in [1.165, 1.54) is 12.5 Å². The summed E-state index contributed by atoms with van der Waals surface area (Å²) in [6.45, 7) is 0. The maximum absolute atomic E-state index is 13.6. The number of benzene rings is 1. The second kappa shape index (κ2) is 5.78. The summed E-state index contributed by atoms with van der Waals surface area (Å²) in [7, 11) is 1.75. The summed E-state index contributed by atoms with van der Waals surface area (Å²) in [6, 6.07) is 6.88. The number of rotatable bonds is 6. The van der Waals surface area contributed by atoms with Gasteiger partial charge in [0.1, 0.15) is 5.82 Å². The highest BCUT2D eigenvalue weighted by atomic mass is 19.1. The first-order valence-corrected chi connectivity index (χ1v) is 6.44. The van der Waals surface area contributed by atoms with Crippen molar-refractivity contribution in [3.63, 3.8) is 0 Å². The zero-order valence-electron chi connectivity index (χ0n) is 10.8. The van der Waals surface area contributed by atoms with Gasteiger partial charge in [-0.25, -0.2) is 4.39 Å². The van der Waals surface area contributed by atoms with Crippen molar-refractivity contribution in [3.05, 3.63) is 35.6 Å². The van der Waals surface area contributed by atoms with Gasteiger partial charge in [-0.05, 0) is 43.7 Å². The quantitative estimate of drug-likeness (QED) is 0.602. The van der Waals surface area contributed by atoms with Gasteiger partial charge in [-0.2, -0.15) is 0 Å². The minimum absolute atomic E-state index is 0.0437.